The normalized spacial score (nSPS) is 20.4. The van der Waals surface area contributed by atoms with E-state index in [1.807, 2.05) is 165 Å². The number of fused-ring (bicyclic) bond motifs is 4. The summed E-state index contributed by atoms with van der Waals surface area (Å²) in [5.41, 5.74) is 18.3. The number of Topliss-reactive ketones (excluding diaryl/α,β-unsaturated/α-hetero) is 2. The molecule has 0 radical (unpaired) electrons. The maximum Gasteiger partial charge on any atom is 0.169 e. The molecule has 23 rings (SSSR count). The van der Waals surface area contributed by atoms with Crippen molar-refractivity contribution in [3.05, 3.63) is 232 Å². The average molecular weight is 2120 g/mol. The van der Waals surface area contributed by atoms with Gasteiger partial charge in [0, 0.05) is 177 Å². The van der Waals surface area contributed by atoms with Crippen LogP contribution in [0.2, 0.25) is 25.2 Å². The van der Waals surface area contributed by atoms with Crippen molar-refractivity contribution in [3.8, 4) is 45.0 Å². The van der Waals surface area contributed by atoms with E-state index in [1.165, 1.54) is 37.7 Å². The van der Waals surface area contributed by atoms with Crippen LogP contribution in [0.25, 0.3) is 67.6 Å². The van der Waals surface area contributed by atoms with Crippen LogP contribution in [0.5, 0.6) is 0 Å². The van der Waals surface area contributed by atoms with Crippen LogP contribution in [0, 0.1) is 11.3 Å². The maximum atomic E-state index is 11.4. The third-order valence-corrected chi connectivity index (χ3v) is 27.9. The number of hydrogen-bond acceptors (Lipinski definition) is 23. The number of aromatic nitrogens is 12. The van der Waals surface area contributed by atoms with Gasteiger partial charge in [0.25, 0.3) is 0 Å². The van der Waals surface area contributed by atoms with E-state index in [0.717, 1.165) is 227 Å². The molecule has 8 aromatic heterocycles. The molecule has 0 unspecified atom stereocenters. The van der Waals surface area contributed by atoms with Crippen molar-refractivity contribution in [2.75, 3.05) is 68.8 Å². The number of anilines is 3. The number of ether oxygens (including phenoxy) is 8. The van der Waals surface area contributed by atoms with E-state index in [-0.39, 0.29) is 69.4 Å². The van der Waals surface area contributed by atoms with Crippen molar-refractivity contribution >= 4 is 110 Å². The van der Waals surface area contributed by atoms with Crippen LogP contribution in [0.1, 0.15) is 202 Å². The second kappa shape index (κ2) is 51.6. The summed E-state index contributed by atoms with van der Waals surface area (Å²) in [6, 6.07) is 58.9. The summed E-state index contributed by atoms with van der Waals surface area (Å²) in [6.45, 7) is 13.8. The van der Waals surface area contributed by atoms with Crippen LogP contribution in [0.3, 0.4) is 0 Å². The molecule has 6 aliphatic carbocycles. The minimum absolute atomic E-state index is 0. The number of halogens is 5. The van der Waals surface area contributed by atoms with Gasteiger partial charge in [-0.3, -0.25) is 9.59 Å². The molecule has 5 aromatic carbocycles. The van der Waals surface area contributed by atoms with Crippen molar-refractivity contribution in [3.63, 3.8) is 0 Å². The van der Waals surface area contributed by atoms with Crippen LogP contribution in [-0.4, -0.2) is 187 Å². The SMILES string of the molecule is C.C.CC(C)(C)CC1CCC(Nc2ccc3ncc(-c4cccc(Cl)c4)n3n2)CC1.Clc1cccc(-c2cnc3ccc(Cl)nn23)c1.Clc1cccc(-c2cnc3ccc(NC4CCC5(CC4)OCCO5)nn23)c1.NC1CCC2(CC1)OCCO2.O.O.O=C1CCC(Nc2ccc3ncc(-c4cccc(Cl)c4)n3n2)CC1.O=C1CCC2(CC1)OCCO2.[Pd].c1ccc(CNC2CCC3(CC2)OCCO3)cc1. The summed E-state index contributed by atoms with van der Waals surface area (Å²) < 4.78 is 52.4. The topological polar surface area (TPSA) is 366 Å². The number of ketones is 2. The Kier molecular flexibility index (Phi) is 40.5. The Morgan fingerprint density at radius 3 is 1.03 bits per heavy atom. The first-order valence-corrected chi connectivity index (χ1v) is 49.9. The van der Waals surface area contributed by atoms with Gasteiger partial charge in [-0.15, -0.1) is 15.3 Å². The number of carbonyl (C=O) groups is 2. The molecule has 0 bridgehead atoms. The molecule has 4 saturated heterocycles. The van der Waals surface area contributed by atoms with Crippen molar-refractivity contribution in [2.45, 2.75) is 256 Å². The van der Waals surface area contributed by atoms with Gasteiger partial charge >= 0.3 is 0 Å². The van der Waals surface area contributed by atoms with Crippen LogP contribution >= 0.6 is 58.0 Å². The molecule has 4 spiro atoms. The summed E-state index contributed by atoms with van der Waals surface area (Å²) >= 11 is 30.2. The Morgan fingerprint density at radius 2 is 0.674 bits per heavy atom. The molecule has 10 aliphatic rings. The number of benzene rings is 5. The quantitative estimate of drug-likeness (QED) is 0.0631. The van der Waals surface area contributed by atoms with Crippen molar-refractivity contribution in [1.29, 1.82) is 0 Å². The molecule has 6 saturated carbocycles. The third-order valence-electron chi connectivity index (χ3n) is 26.8. The minimum Gasteiger partial charge on any atom is -0.412 e. The molecule has 0 atom stereocenters. The predicted octanol–water partition coefficient (Wildman–Crippen LogP) is 21.9. The Balaban J connectivity index is 0.000000149. The zero-order chi connectivity index (χ0) is 94.1. The van der Waals surface area contributed by atoms with E-state index in [9.17, 15) is 9.59 Å². The maximum absolute atomic E-state index is 11.4. The van der Waals surface area contributed by atoms with Gasteiger partial charge in [0.15, 0.2) is 45.7 Å². The van der Waals surface area contributed by atoms with E-state index in [1.54, 1.807) is 23.0 Å². The molecule has 0 amide bonds. The fourth-order valence-electron chi connectivity index (χ4n) is 19.6. The van der Waals surface area contributed by atoms with Crippen LogP contribution in [0.15, 0.2) is 201 Å². The van der Waals surface area contributed by atoms with E-state index in [2.05, 4.69) is 103 Å². The molecular weight excluding hydrogens is 1990 g/mol. The summed E-state index contributed by atoms with van der Waals surface area (Å²) in [6.07, 6.45) is 31.6. The molecule has 29 nitrogen and oxygen atoms in total. The first-order chi connectivity index (χ1) is 66.0. The molecule has 141 heavy (non-hydrogen) atoms. The second-order valence-corrected chi connectivity index (χ2v) is 40.1. The first kappa shape index (κ1) is 111. The fraction of sp³-hybridized carbons (Fsp3) is 0.472. The second-order valence-electron chi connectivity index (χ2n) is 38.0. The number of nitrogens with two attached hydrogens (primary N) is 1. The zero-order valence-electron chi connectivity index (χ0n) is 78.8. The van der Waals surface area contributed by atoms with Gasteiger partial charge in [0.1, 0.15) is 34.2 Å². The van der Waals surface area contributed by atoms with Crippen LogP contribution in [-0.2, 0) is 74.5 Å². The summed E-state index contributed by atoms with van der Waals surface area (Å²) in [7, 11) is 0. The van der Waals surface area contributed by atoms with Gasteiger partial charge in [-0.05, 0) is 197 Å². The van der Waals surface area contributed by atoms with Gasteiger partial charge in [0.05, 0.1) is 100 Å². The number of imidazole rings is 4. The number of nitrogens with one attached hydrogen (secondary N) is 4. The monoisotopic (exact) mass is 2120 g/mol. The summed E-state index contributed by atoms with van der Waals surface area (Å²) in [5.74, 6) is 2.95. The zero-order valence-corrected chi connectivity index (χ0v) is 84.1. The molecular formula is C106H134Cl5N17O12Pd. The standard InChI is InChI=1S/C23H29ClN4.C20H21ClN4O2.C18H17ClN4O.C15H21NO2.C12H7Cl2N3.C8H15NO2.C8H12O3.2CH4.2H2O.Pd/c1-23(2,3)14-16-7-9-19(10-8-16)26-21-11-12-22-25-15-20(28(22)27-21)17-5-4-6-18(24)13-17;21-15-3-1-2-14(12-15)17-13-22-19-5-4-18(24-25(17)19)23-16-6-8-20(9-7-16)26-10-11-27-20;19-13-3-1-2-12(10-13)16-11-20-18-9-8-17(22-23(16)18)21-14-4-6-15(24)7-5-14;1-2-4-13(5-3-1)12-16-14-6-8-15(9-7-14)17-10-11-18-15;13-9-3-1-2-8(6-9)10-7-15-12-5-4-11(14)16-17(10)12;2*9-7-1-3-8(4-2-7)10-5-6-11-8;;;;;/h4-6,11-13,15-16,19H,7-10,14H2,1-3H3,(H,26,27);1-5,12-13,16H,6-11H2,(H,23,24);1-3,8-11,14H,4-7H2,(H,21,22);1-5,14,16H,6-12H2;1-7H;7H,1-6,9H2;1-6H2;2*1H4;2*1H2;. The first-order valence-electron chi connectivity index (χ1n) is 48.0. The molecule has 12 heterocycles. The molecule has 35 heteroatoms. The van der Waals surface area contributed by atoms with Gasteiger partial charge in [-0.1, -0.05) is 172 Å². The predicted molar refractivity (Wildman–Crippen MR) is 554 cm³/mol. The van der Waals surface area contributed by atoms with E-state index < -0.39 is 0 Å². The summed E-state index contributed by atoms with van der Waals surface area (Å²) in [5, 5.41) is 36.0. The Morgan fingerprint density at radius 1 is 0.362 bits per heavy atom. The van der Waals surface area contributed by atoms with Crippen molar-refractivity contribution in [2.24, 2.45) is 17.1 Å². The summed E-state index contributed by atoms with van der Waals surface area (Å²) in [4.78, 5) is 39.9. The van der Waals surface area contributed by atoms with Gasteiger partial charge in [-0.25, -0.2) is 38.0 Å². The van der Waals surface area contributed by atoms with Crippen molar-refractivity contribution in [1.82, 2.24) is 63.7 Å². The van der Waals surface area contributed by atoms with Crippen LogP contribution < -0.4 is 27.0 Å². The van der Waals surface area contributed by atoms with Gasteiger partial charge in [-0.2, -0.15) is 5.10 Å². The molecule has 10 N–H and O–H groups in total. The van der Waals surface area contributed by atoms with Gasteiger partial charge in [0.2, 0.25) is 0 Å². The smallest absolute Gasteiger partial charge is 0.169 e. The average Bonchev–Trinajstić information content (AvgIpc) is 1.66. The van der Waals surface area contributed by atoms with Crippen molar-refractivity contribution < 1.29 is 78.9 Å². The van der Waals surface area contributed by atoms with E-state index >= 15 is 0 Å². The minimum atomic E-state index is -0.367. The Labute approximate surface area is 864 Å². The number of nitrogens with zero attached hydrogens (tertiary/aromatic N) is 12. The van der Waals surface area contributed by atoms with Gasteiger partial charge < -0.3 is 75.8 Å². The molecule has 4 aliphatic heterocycles. The van der Waals surface area contributed by atoms with E-state index in [4.69, 9.17) is 112 Å². The Bertz CT molecular complexity index is 6110. The number of rotatable bonds is 14. The Hall–Kier alpha value is -9.05. The fourth-order valence-corrected chi connectivity index (χ4v) is 20.5. The molecule has 13 aromatic rings. The molecule has 10 fully saturated rings. The van der Waals surface area contributed by atoms with Crippen LogP contribution in [0.4, 0.5) is 17.5 Å². The number of carbonyl (C=O) groups excluding carboxylic acids is 2. The van der Waals surface area contributed by atoms with E-state index in [0.29, 0.717) is 125 Å². The molecule has 760 valence electrons. The number of hydrogen-bond donors (Lipinski definition) is 5. The largest absolute Gasteiger partial charge is 0.412 e. The third kappa shape index (κ3) is 30.1.